The Morgan fingerprint density at radius 2 is 1.41 bits per heavy atom. The number of benzene rings is 3. The van der Waals surface area contributed by atoms with E-state index in [0.29, 0.717) is 22.7 Å². The summed E-state index contributed by atoms with van der Waals surface area (Å²) in [5.74, 6) is -3.90. The number of ketones is 2. The van der Waals surface area contributed by atoms with Crippen LogP contribution in [0.1, 0.15) is 37.9 Å². The first-order chi connectivity index (χ1) is 17.8. The Kier molecular flexibility index (Phi) is 5.07. The van der Waals surface area contributed by atoms with Gasteiger partial charge in [0.15, 0.2) is 11.5 Å². The van der Waals surface area contributed by atoms with E-state index in [4.69, 9.17) is 14.2 Å². The van der Waals surface area contributed by atoms with Crippen LogP contribution in [0.5, 0.6) is 11.5 Å². The molecular weight excluding hydrogens is 474 g/mol. The van der Waals surface area contributed by atoms with E-state index in [-0.39, 0.29) is 11.1 Å². The number of anilines is 1. The van der Waals surface area contributed by atoms with Crippen LogP contribution >= 0.6 is 0 Å². The zero-order chi connectivity index (χ0) is 26.1. The van der Waals surface area contributed by atoms with Crippen LogP contribution in [0.25, 0.3) is 0 Å². The summed E-state index contributed by atoms with van der Waals surface area (Å²) in [7, 11) is 2.98. The van der Waals surface area contributed by atoms with Crippen molar-refractivity contribution in [3.8, 4) is 11.5 Å². The molecule has 0 radical (unpaired) electrons. The summed E-state index contributed by atoms with van der Waals surface area (Å²) in [6.07, 6.45) is -1.04. The van der Waals surface area contributed by atoms with E-state index in [1.54, 1.807) is 66.7 Å². The first-order valence-electron chi connectivity index (χ1n) is 11.9. The number of fused-ring (bicyclic) bond motifs is 3. The second-order valence-corrected chi connectivity index (χ2v) is 9.44. The first-order valence-corrected chi connectivity index (χ1v) is 11.9. The highest BCUT2D eigenvalue weighted by atomic mass is 16.5. The van der Waals surface area contributed by atoms with E-state index in [1.165, 1.54) is 14.2 Å². The molecule has 2 heterocycles. The van der Waals surface area contributed by atoms with Crippen LogP contribution in [0.4, 0.5) is 5.69 Å². The number of carbonyl (C=O) groups excluding carboxylic acids is 4. The number of ether oxygens (including phenoxy) is 3. The number of methoxy groups -OCH3 is 2. The van der Waals surface area contributed by atoms with Crippen molar-refractivity contribution in [1.29, 1.82) is 0 Å². The fourth-order valence-electron chi connectivity index (χ4n) is 5.80. The highest BCUT2D eigenvalue weighted by Crippen LogP contribution is 2.58. The number of rotatable bonds is 4. The van der Waals surface area contributed by atoms with Gasteiger partial charge in [0.1, 0.15) is 0 Å². The minimum absolute atomic E-state index is 0.188. The Bertz CT molecular complexity index is 1460. The number of imide groups is 1. The number of Topliss-reactive ketones (excluding diaryl/α,β-unsaturated/α-hetero) is 2. The number of carbonyl (C=O) groups is 4. The first kappa shape index (κ1) is 23.1. The lowest BCUT2D eigenvalue weighted by molar-refractivity contribution is -0.127. The van der Waals surface area contributed by atoms with Gasteiger partial charge in [-0.25, -0.2) is 4.90 Å². The zero-order valence-electron chi connectivity index (χ0n) is 20.4. The Morgan fingerprint density at radius 3 is 2.00 bits per heavy atom. The van der Waals surface area contributed by atoms with Gasteiger partial charge < -0.3 is 14.2 Å². The third-order valence-corrected chi connectivity index (χ3v) is 7.55. The van der Waals surface area contributed by atoms with Crippen molar-refractivity contribution < 1.29 is 33.4 Å². The third kappa shape index (κ3) is 2.99. The quantitative estimate of drug-likeness (QED) is 0.400. The standard InChI is InChI=1S/C29H23NO7/c1-15-8-11-17(12-9-15)30-27(33)22-23(28(30)34)29(25(31)18-6-4-5-7-19(18)26(29)32)37-24(22)16-10-13-20(35-2)21(14-16)36-3/h4-14,22-24H,1-3H3/t22-,23+,24-/m0/s1. The molecule has 1 aliphatic carbocycles. The molecule has 0 aromatic heterocycles. The molecular formula is C29H23NO7. The monoisotopic (exact) mass is 497 g/mol. The summed E-state index contributed by atoms with van der Waals surface area (Å²) >= 11 is 0. The molecule has 8 heteroatoms. The molecule has 0 bridgehead atoms. The topological polar surface area (TPSA) is 99.2 Å². The van der Waals surface area contributed by atoms with Gasteiger partial charge in [0.25, 0.3) is 0 Å². The molecule has 8 nitrogen and oxygen atoms in total. The molecule has 3 aromatic rings. The van der Waals surface area contributed by atoms with Crippen molar-refractivity contribution in [3.63, 3.8) is 0 Å². The largest absolute Gasteiger partial charge is 0.493 e. The van der Waals surface area contributed by atoms with E-state index in [9.17, 15) is 19.2 Å². The number of hydrogen-bond donors (Lipinski definition) is 0. The van der Waals surface area contributed by atoms with Gasteiger partial charge in [0.05, 0.1) is 37.8 Å². The van der Waals surface area contributed by atoms with Gasteiger partial charge in [-0.05, 0) is 36.8 Å². The zero-order valence-corrected chi connectivity index (χ0v) is 20.4. The van der Waals surface area contributed by atoms with Crippen LogP contribution in [0.3, 0.4) is 0 Å². The van der Waals surface area contributed by atoms with Gasteiger partial charge in [-0.3, -0.25) is 19.2 Å². The third-order valence-electron chi connectivity index (χ3n) is 7.55. The van der Waals surface area contributed by atoms with Gasteiger partial charge in [-0.15, -0.1) is 0 Å². The molecule has 37 heavy (non-hydrogen) atoms. The van der Waals surface area contributed by atoms with Crippen molar-refractivity contribution in [2.75, 3.05) is 19.1 Å². The maximum atomic E-state index is 14.0. The highest BCUT2D eigenvalue weighted by molar-refractivity contribution is 6.37. The summed E-state index contributed by atoms with van der Waals surface area (Å²) in [5, 5.41) is 0. The van der Waals surface area contributed by atoms with E-state index in [2.05, 4.69) is 0 Å². The van der Waals surface area contributed by atoms with Gasteiger partial charge in [-0.1, -0.05) is 48.0 Å². The highest BCUT2D eigenvalue weighted by Gasteiger charge is 2.74. The molecule has 0 saturated carbocycles. The average molecular weight is 498 g/mol. The Morgan fingerprint density at radius 1 is 0.784 bits per heavy atom. The lowest BCUT2D eigenvalue weighted by atomic mass is 9.77. The Labute approximate surface area is 212 Å². The molecule has 1 spiro atoms. The van der Waals surface area contributed by atoms with Gasteiger partial charge in [0.2, 0.25) is 29.0 Å². The summed E-state index contributed by atoms with van der Waals surface area (Å²) in [6.45, 7) is 1.90. The van der Waals surface area contributed by atoms with Gasteiger partial charge >= 0.3 is 0 Å². The van der Waals surface area contributed by atoms with Crippen LogP contribution in [-0.2, 0) is 14.3 Å². The SMILES string of the molecule is COc1ccc([C@@H]2OC3(C(=O)c4ccccc4C3=O)[C@H]3C(=O)N(c4ccc(C)cc4)C(=O)[C@H]23)cc1OC. The lowest BCUT2D eigenvalue weighted by Crippen LogP contribution is -2.51. The van der Waals surface area contributed by atoms with Crippen molar-refractivity contribution >= 4 is 29.1 Å². The van der Waals surface area contributed by atoms with E-state index >= 15 is 0 Å². The van der Waals surface area contributed by atoms with Crippen LogP contribution in [0.15, 0.2) is 66.7 Å². The molecule has 3 atom stereocenters. The molecule has 2 amide bonds. The van der Waals surface area contributed by atoms with Crippen LogP contribution < -0.4 is 14.4 Å². The fourth-order valence-corrected chi connectivity index (χ4v) is 5.80. The fraction of sp³-hybridized carbons (Fsp3) is 0.241. The summed E-state index contributed by atoms with van der Waals surface area (Å²) < 4.78 is 17.1. The maximum absolute atomic E-state index is 14.0. The van der Waals surface area contributed by atoms with Crippen molar-refractivity contribution in [3.05, 3.63) is 89.0 Å². The molecule has 0 unspecified atom stereocenters. The molecule has 2 aliphatic heterocycles. The second-order valence-electron chi connectivity index (χ2n) is 9.44. The van der Waals surface area contributed by atoms with E-state index in [0.717, 1.165) is 10.5 Å². The van der Waals surface area contributed by atoms with Crippen LogP contribution in [0, 0.1) is 18.8 Å². The van der Waals surface area contributed by atoms with Crippen LogP contribution in [0.2, 0.25) is 0 Å². The molecule has 2 fully saturated rings. The number of hydrogen-bond acceptors (Lipinski definition) is 7. The van der Waals surface area contributed by atoms with Crippen LogP contribution in [-0.4, -0.2) is 43.2 Å². The summed E-state index contributed by atoms with van der Waals surface area (Å²) in [4.78, 5) is 56.6. The second kappa shape index (κ2) is 8.11. The molecule has 3 aromatic carbocycles. The minimum Gasteiger partial charge on any atom is -0.493 e. The predicted molar refractivity (Wildman–Crippen MR) is 132 cm³/mol. The number of nitrogens with zero attached hydrogens (tertiary/aromatic N) is 1. The maximum Gasteiger partial charge on any atom is 0.241 e. The van der Waals surface area contributed by atoms with E-state index in [1.807, 2.05) is 6.92 Å². The van der Waals surface area contributed by atoms with Gasteiger partial charge in [0, 0.05) is 11.1 Å². The van der Waals surface area contributed by atoms with Crippen molar-refractivity contribution in [2.24, 2.45) is 11.8 Å². The van der Waals surface area contributed by atoms with Crippen molar-refractivity contribution in [1.82, 2.24) is 0 Å². The van der Waals surface area contributed by atoms with E-state index < -0.39 is 46.9 Å². The predicted octanol–water partition coefficient (Wildman–Crippen LogP) is 3.71. The molecule has 6 rings (SSSR count). The summed E-state index contributed by atoms with van der Waals surface area (Å²) in [6, 6.07) is 18.3. The molecule has 2 saturated heterocycles. The number of amides is 2. The number of aryl methyl sites for hydroxylation is 1. The lowest BCUT2D eigenvalue weighted by Gasteiger charge is -2.27. The smallest absolute Gasteiger partial charge is 0.241 e. The minimum atomic E-state index is -2.13. The molecule has 3 aliphatic rings. The Hall–Kier alpha value is -4.30. The van der Waals surface area contributed by atoms with Gasteiger partial charge in [-0.2, -0.15) is 0 Å². The van der Waals surface area contributed by atoms with Crippen molar-refractivity contribution in [2.45, 2.75) is 18.6 Å². The summed E-state index contributed by atoms with van der Waals surface area (Å²) in [5.41, 5.74) is 0.0852. The molecule has 186 valence electrons. The molecule has 0 N–H and O–H groups in total. The normalized spacial score (nSPS) is 23.5. The average Bonchev–Trinajstić information content (AvgIpc) is 3.49. The Balaban J connectivity index is 1.54.